The molecule has 0 aliphatic rings. The van der Waals surface area contributed by atoms with Gasteiger partial charge in [-0.25, -0.2) is 4.79 Å². The molecule has 0 radical (unpaired) electrons. The maximum absolute atomic E-state index is 12.6. The Hall–Kier alpha value is -2.60. The number of benzene rings is 2. The zero-order valence-corrected chi connectivity index (χ0v) is 16.3. The third kappa shape index (κ3) is 4.32. The number of anilines is 1. The molecular formula is C19H23ClN2O4. The van der Waals surface area contributed by atoms with Gasteiger partial charge in [-0.15, -0.1) is 0 Å². The van der Waals surface area contributed by atoms with E-state index in [-0.39, 0.29) is 12.1 Å². The molecule has 1 atom stereocenters. The average molecular weight is 379 g/mol. The van der Waals surface area contributed by atoms with Gasteiger partial charge in [0.25, 0.3) is 0 Å². The number of urea groups is 1. The second-order valence-corrected chi connectivity index (χ2v) is 6.12. The van der Waals surface area contributed by atoms with Crippen LogP contribution in [0.4, 0.5) is 10.5 Å². The minimum Gasteiger partial charge on any atom is -0.493 e. The van der Waals surface area contributed by atoms with E-state index in [0.29, 0.717) is 28.0 Å². The fourth-order valence-electron chi connectivity index (χ4n) is 2.51. The van der Waals surface area contributed by atoms with Crippen molar-refractivity contribution < 1.29 is 19.0 Å². The summed E-state index contributed by atoms with van der Waals surface area (Å²) in [5.41, 5.74) is 1.52. The number of carbonyl (C=O) groups is 1. The van der Waals surface area contributed by atoms with Gasteiger partial charge in [-0.05, 0) is 24.6 Å². The molecule has 26 heavy (non-hydrogen) atoms. The molecule has 0 aliphatic heterocycles. The summed E-state index contributed by atoms with van der Waals surface area (Å²) in [6.07, 6.45) is 0. The van der Waals surface area contributed by atoms with E-state index in [1.165, 1.54) is 21.3 Å². The molecule has 0 saturated carbocycles. The largest absolute Gasteiger partial charge is 0.493 e. The highest BCUT2D eigenvalue weighted by Gasteiger charge is 2.19. The van der Waals surface area contributed by atoms with Gasteiger partial charge in [0.15, 0.2) is 11.5 Å². The topological polar surface area (TPSA) is 60.0 Å². The number of ether oxygens (including phenoxy) is 3. The Morgan fingerprint density at radius 2 is 1.58 bits per heavy atom. The van der Waals surface area contributed by atoms with Gasteiger partial charge in [-0.2, -0.15) is 0 Å². The van der Waals surface area contributed by atoms with E-state index in [2.05, 4.69) is 5.32 Å². The lowest BCUT2D eigenvalue weighted by atomic mass is 10.1. The van der Waals surface area contributed by atoms with Crippen molar-refractivity contribution in [3.63, 3.8) is 0 Å². The van der Waals surface area contributed by atoms with Gasteiger partial charge in [0, 0.05) is 24.2 Å². The Morgan fingerprint density at radius 1 is 1.04 bits per heavy atom. The second-order valence-electron chi connectivity index (χ2n) is 5.68. The normalized spacial score (nSPS) is 11.5. The number of halogens is 1. The first kappa shape index (κ1) is 19.7. The molecule has 0 aliphatic carbocycles. The van der Waals surface area contributed by atoms with Crippen LogP contribution in [0.25, 0.3) is 0 Å². The van der Waals surface area contributed by atoms with Crippen LogP contribution in [0.3, 0.4) is 0 Å². The minimum atomic E-state index is -0.262. The van der Waals surface area contributed by atoms with Gasteiger partial charge < -0.3 is 24.4 Å². The summed E-state index contributed by atoms with van der Waals surface area (Å²) in [4.78, 5) is 14.2. The number of nitrogens with zero attached hydrogens (tertiary/aromatic N) is 1. The van der Waals surface area contributed by atoms with Crippen molar-refractivity contribution in [2.24, 2.45) is 0 Å². The zero-order chi connectivity index (χ0) is 19.3. The van der Waals surface area contributed by atoms with Gasteiger partial charge in [0.2, 0.25) is 5.75 Å². The maximum Gasteiger partial charge on any atom is 0.322 e. The number of carbonyl (C=O) groups excluding carboxylic acids is 1. The number of hydrogen-bond donors (Lipinski definition) is 1. The SMILES string of the molecule is COc1cc(NC(=O)N(C)[C@H](C)c2ccc(Cl)cc2)cc(OC)c1OC. The third-order valence-corrected chi connectivity index (χ3v) is 4.42. The molecule has 0 unspecified atom stereocenters. The summed E-state index contributed by atoms with van der Waals surface area (Å²) in [6, 6.07) is 10.4. The first-order valence-electron chi connectivity index (χ1n) is 8.00. The number of amides is 2. The van der Waals surface area contributed by atoms with Crippen molar-refractivity contribution in [2.75, 3.05) is 33.7 Å². The molecule has 0 heterocycles. The van der Waals surface area contributed by atoms with Crippen LogP contribution in [0.5, 0.6) is 17.2 Å². The van der Waals surface area contributed by atoms with E-state index in [1.807, 2.05) is 19.1 Å². The molecule has 0 fully saturated rings. The Bertz CT molecular complexity index is 740. The lowest BCUT2D eigenvalue weighted by molar-refractivity contribution is 0.208. The molecule has 2 rings (SSSR count). The van der Waals surface area contributed by atoms with Gasteiger partial charge in [-0.3, -0.25) is 0 Å². The Kier molecular flexibility index (Phi) is 6.58. The molecule has 0 saturated heterocycles. The average Bonchev–Trinajstić information content (AvgIpc) is 2.66. The standard InChI is InChI=1S/C19H23ClN2O4/c1-12(13-6-8-14(20)9-7-13)22(2)19(23)21-15-10-16(24-3)18(26-5)17(11-15)25-4/h6-12H,1-5H3,(H,21,23)/t12-/m1/s1. The van der Waals surface area contributed by atoms with E-state index in [0.717, 1.165) is 5.56 Å². The summed E-state index contributed by atoms with van der Waals surface area (Å²) in [7, 11) is 6.31. The van der Waals surface area contributed by atoms with Gasteiger partial charge in [0.05, 0.1) is 33.1 Å². The summed E-state index contributed by atoms with van der Waals surface area (Å²) in [6.45, 7) is 1.94. The molecule has 1 N–H and O–H groups in total. The van der Waals surface area contributed by atoms with Gasteiger partial charge in [0.1, 0.15) is 0 Å². The highest BCUT2D eigenvalue weighted by molar-refractivity contribution is 6.30. The molecule has 0 aromatic heterocycles. The first-order valence-corrected chi connectivity index (χ1v) is 8.38. The monoisotopic (exact) mass is 378 g/mol. The highest BCUT2D eigenvalue weighted by atomic mass is 35.5. The molecule has 2 aromatic carbocycles. The maximum atomic E-state index is 12.6. The van der Waals surface area contributed by atoms with Crippen LogP contribution in [0.15, 0.2) is 36.4 Å². The van der Waals surface area contributed by atoms with Crippen molar-refractivity contribution in [1.29, 1.82) is 0 Å². The van der Waals surface area contributed by atoms with Gasteiger partial charge >= 0.3 is 6.03 Å². The first-order chi connectivity index (χ1) is 12.4. The number of rotatable bonds is 6. The lowest BCUT2D eigenvalue weighted by Crippen LogP contribution is -2.33. The summed E-state index contributed by atoms with van der Waals surface area (Å²) < 4.78 is 15.9. The van der Waals surface area contributed by atoms with Crippen molar-refractivity contribution in [3.8, 4) is 17.2 Å². The molecule has 0 spiro atoms. The molecule has 6 nitrogen and oxygen atoms in total. The van der Waals surface area contributed by atoms with Crippen LogP contribution in [0.1, 0.15) is 18.5 Å². The molecule has 7 heteroatoms. The molecule has 2 amide bonds. The predicted octanol–water partition coefficient (Wildman–Crippen LogP) is 4.59. The summed E-state index contributed by atoms with van der Waals surface area (Å²) in [5.74, 6) is 1.40. The van der Waals surface area contributed by atoms with Crippen LogP contribution in [-0.4, -0.2) is 39.3 Å². The highest BCUT2D eigenvalue weighted by Crippen LogP contribution is 2.40. The summed E-state index contributed by atoms with van der Waals surface area (Å²) >= 11 is 5.92. The third-order valence-electron chi connectivity index (χ3n) is 4.17. The lowest BCUT2D eigenvalue weighted by Gasteiger charge is -2.26. The number of nitrogens with one attached hydrogen (secondary N) is 1. The molecule has 140 valence electrons. The molecular weight excluding hydrogens is 356 g/mol. The van der Waals surface area contributed by atoms with Crippen LogP contribution >= 0.6 is 11.6 Å². The zero-order valence-electron chi connectivity index (χ0n) is 15.5. The minimum absolute atomic E-state index is 0.130. The van der Waals surface area contributed by atoms with E-state index in [4.69, 9.17) is 25.8 Å². The quantitative estimate of drug-likeness (QED) is 0.798. The van der Waals surface area contributed by atoms with Crippen molar-refractivity contribution in [1.82, 2.24) is 4.90 Å². The van der Waals surface area contributed by atoms with Crippen LogP contribution in [0, 0.1) is 0 Å². The Balaban J connectivity index is 2.19. The molecule has 0 bridgehead atoms. The van der Waals surface area contributed by atoms with E-state index < -0.39 is 0 Å². The van der Waals surface area contributed by atoms with Crippen molar-refractivity contribution in [3.05, 3.63) is 47.0 Å². The van der Waals surface area contributed by atoms with Crippen LogP contribution in [-0.2, 0) is 0 Å². The smallest absolute Gasteiger partial charge is 0.322 e. The van der Waals surface area contributed by atoms with Crippen molar-refractivity contribution in [2.45, 2.75) is 13.0 Å². The molecule has 2 aromatic rings. The number of methoxy groups -OCH3 is 3. The van der Waals surface area contributed by atoms with E-state index in [9.17, 15) is 4.79 Å². The fourth-order valence-corrected chi connectivity index (χ4v) is 2.63. The van der Waals surface area contributed by atoms with Crippen LogP contribution in [0.2, 0.25) is 5.02 Å². The summed E-state index contributed by atoms with van der Waals surface area (Å²) in [5, 5.41) is 3.51. The Morgan fingerprint density at radius 3 is 2.04 bits per heavy atom. The fraction of sp³-hybridized carbons (Fsp3) is 0.316. The van der Waals surface area contributed by atoms with E-state index in [1.54, 1.807) is 36.2 Å². The Labute approximate surface area is 158 Å². The van der Waals surface area contributed by atoms with E-state index >= 15 is 0 Å². The second kappa shape index (κ2) is 8.67. The van der Waals surface area contributed by atoms with Crippen molar-refractivity contribution >= 4 is 23.3 Å². The number of hydrogen-bond acceptors (Lipinski definition) is 4. The van der Waals surface area contributed by atoms with Crippen LogP contribution < -0.4 is 19.5 Å². The van der Waals surface area contributed by atoms with Gasteiger partial charge in [-0.1, -0.05) is 23.7 Å². The predicted molar refractivity (Wildman–Crippen MR) is 103 cm³/mol.